The Bertz CT molecular complexity index is 373. The van der Waals surface area contributed by atoms with Crippen LogP contribution < -0.4 is 5.32 Å². The molecule has 1 saturated heterocycles. The van der Waals surface area contributed by atoms with E-state index in [9.17, 15) is 9.59 Å². The van der Waals surface area contributed by atoms with Gasteiger partial charge in [0.1, 0.15) is 0 Å². The summed E-state index contributed by atoms with van der Waals surface area (Å²) in [6.45, 7) is 5.19. The fourth-order valence-electron chi connectivity index (χ4n) is 2.62. The van der Waals surface area contributed by atoms with Crippen LogP contribution in [0.5, 0.6) is 0 Å². The third-order valence-corrected chi connectivity index (χ3v) is 4.31. The average molecular weight is 299 g/mol. The van der Waals surface area contributed by atoms with Crippen molar-refractivity contribution in [1.29, 1.82) is 0 Å². The van der Waals surface area contributed by atoms with Crippen molar-refractivity contribution in [2.45, 2.75) is 45.1 Å². The van der Waals surface area contributed by atoms with Crippen LogP contribution in [0.2, 0.25) is 0 Å². The first kappa shape index (κ1) is 17.8. The lowest BCUT2D eigenvalue weighted by Gasteiger charge is -2.36. The lowest BCUT2D eigenvalue weighted by molar-refractivity contribution is -0.128. The van der Waals surface area contributed by atoms with E-state index >= 15 is 0 Å². The first-order valence-electron chi connectivity index (χ1n) is 7.72. The topological polar surface area (TPSA) is 72.9 Å². The van der Waals surface area contributed by atoms with Gasteiger partial charge in [0.2, 0.25) is 5.91 Å². The van der Waals surface area contributed by atoms with Crippen molar-refractivity contribution >= 4 is 11.9 Å². The van der Waals surface area contributed by atoms with E-state index in [4.69, 9.17) is 5.11 Å². The van der Waals surface area contributed by atoms with Gasteiger partial charge < -0.3 is 20.2 Å². The second-order valence-corrected chi connectivity index (χ2v) is 6.34. The van der Waals surface area contributed by atoms with Gasteiger partial charge in [-0.15, -0.1) is 0 Å². The van der Waals surface area contributed by atoms with Crippen LogP contribution in [0.3, 0.4) is 0 Å². The number of aliphatic hydroxyl groups is 1. The molecule has 0 radical (unpaired) electrons. The van der Waals surface area contributed by atoms with Crippen molar-refractivity contribution < 1.29 is 14.7 Å². The Labute approximate surface area is 127 Å². The van der Waals surface area contributed by atoms with Crippen LogP contribution in [0, 0.1) is 5.92 Å². The Kier molecular flexibility index (Phi) is 6.45. The maximum Gasteiger partial charge on any atom is 0.319 e. The van der Waals surface area contributed by atoms with E-state index in [1.807, 2.05) is 13.8 Å². The zero-order chi connectivity index (χ0) is 16.0. The predicted octanol–water partition coefficient (Wildman–Crippen LogP) is 1.05. The van der Waals surface area contributed by atoms with Gasteiger partial charge in [-0.25, -0.2) is 4.79 Å². The lowest BCUT2D eigenvalue weighted by Crippen LogP contribution is -2.53. The molecule has 0 aromatic carbocycles. The number of nitrogens with zero attached hydrogens (tertiary/aromatic N) is 2. The molecule has 21 heavy (non-hydrogen) atoms. The molecule has 1 rings (SSSR count). The van der Waals surface area contributed by atoms with Crippen LogP contribution in [-0.4, -0.2) is 66.2 Å². The van der Waals surface area contributed by atoms with Crippen LogP contribution in [0.4, 0.5) is 4.79 Å². The van der Waals surface area contributed by atoms with Crippen molar-refractivity contribution in [3.05, 3.63) is 0 Å². The normalized spacial score (nSPS) is 21.6. The highest BCUT2D eigenvalue weighted by Crippen LogP contribution is 2.20. The molecule has 6 heteroatoms. The first-order chi connectivity index (χ1) is 9.83. The Morgan fingerprint density at radius 3 is 2.62 bits per heavy atom. The molecule has 0 aromatic rings. The largest absolute Gasteiger partial charge is 0.396 e. The Hall–Kier alpha value is -1.30. The Morgan fingerprint density at radius 1 is 1.43 bits per heavy atom. The summed E-state index contributed by atoms with van der Waals surface area (Å²) in [5.41, 5.74) is -0.375. The van der Waals surface area contributed by atoms with Crippen LogP contribution in [0.1, 0.15) is 39.5 Å². The Balaban J connectivity index is 2.63. The number of urea groups is 1. The zero-order valence-corrected chi connectivity index (χ0v) is 13.7. The molecule has 0 bridgehead atoms. The molecule has 6 nitrogen and oxygen atoms in total. The highest BCUT2D eigenvalue weighted by Gasteiger charge is 2.32. The second kappa shape index (κ2) is 7.64. The molecule has 1 heterocycles. The van der Waals surface area contributed by atoms with Gasteiger partial charge in [0.15, 0.2) is 0 Å². The summed E-state index contributed by atoms with van der Waals surface area (Å²) in [4.78, 5) is 27.7. The van der Waals surface area contributed by atoms with E-state index < -0.39 is 0 Å². The van der Waals surface area contributed by atoms with Crippen molar-refractivity contribution in [3.8, 4) is 0 Å². The van der Waals surface area contributed by atoms with E-state index in [2.05, 4.69) is 5.32 Å². The van der Waals surface area contributed by atoms with Crippen molar-refractivity contribution in [2.24, 2.45) is 5.92 Å². The number of rotatable bonds is 5. The van der Waals surface area contributed by atoms with Gasteiger partial charge in [-0.1, -0.05) is 6.92 Å². The van der Waals surface area contributed by atoms with Gasteiger partial charge in [-0.2, -0.15) is 0 Å². The summed E-state index contributed by atoms with van der Waals surface area (Å²) in [6, 6.07) is -0.0406. The van der Waals surface area contributed by atoms with E-state index in [1.54, 1.807) is 23.9 Å². The SMILES string of the molecule is CCC(C)(CCO)NC(=O)C1CCCN(C(=O)N(C)C)C1. The average Bonchev–Trinajstić information content (AvgIpc) is 2.46. The molecule has 0 aromatic heterocycles. The van der Waals surface area contributed by atoms with E-state index in [0.717, 1.165) is 19.3 Å². The number of piperidine rings is 1. The van der Waals surface area contributed by atoms with Gasteiger partial charge in [0.05, 0.1) is 5.92 Å². The molecule has 0 saturated carbocycles. The summed E-state index contributed by atoms with van der Waals surface area (Å²) in [7, 11) is 3.45. The smallest absolute Gasteiger partial charge is 0.319 e. The first-order valence-corrected chi connectivity index (χ1v) is 7.72. The number of hydrogen-bond acceptors (Lipinski definition) is 3. The minimum absolute atomic E-state index is 0.0101. The standard InChI is InChI=1S/C15H29N3O3/c1-5-15(2,8-10-19)16-13(20)12-7-6-9-18(11-12)14(21)17(3)4/h12,19H,5-11H2,1-4H3,(H,16,20). The van der Waals surface area contributed by atoms with Gasteiger partial charge in [0.25, 0.3) is 0 Å². The number of hydrogen-bond donors (Lipinski definition) is 2. The van der Waals surface area contributed by atoms with Crippen molar-refractivity contribution in [3.63, 3.8) is 0 Å². The number of likely N-dealkylation sites (tertiary alicyclic amines) is 1. The number of aliphatic hydroxyl groups excluding tert-OH is 1. The molecule has 122 valence electrons. The fraction of sp³-hybridized carbons (Fsp3) is 0.867. The molecule has 1 aliphatic heterocycles. The maximum absolute atomic E-state index is 12.4. The molecule has 2 atom stereocenters. The molecular weight excluding hydrogens is 270 g/mol. The van der Waals surface area contributed by atoms with E-state index in [1.165, 1.54) is 0 Å². The van der Waals surface area contributed by atoms with Gasteiger partial charge >= 0.3 is 6.03 Å². The molecule has 1 aliphatic rings. The monoisotopic (exact) mass is 299 g/mol. The summed E-state index contributed by atoms with van der Waals surface area (Å²) in [5, 5.41) is 12.2. The number of nitrogens with one attached hydrogen (secondary N) is 1. The zero-order valence-electron chi connectivity index (χ0n) is 13.7. The second-order valence-electron chi connectivity index (χ2n) is 6.34. The van der Waals surface area contributed by atoms with Crippen LogP contribution >= 0.6 is 0 Å². The van der Waals surface area contributed by atoms with Crippen molar-refractivity contribution in [1.82, 2.24) is 15.1 Å². The fourth-order valence-corrected chi connectivity index (χ4v) is 2.62. The highest BCUT2D eigenvalue weighted by atomic mass is 16.3. The molecule has 2 unspecified atom stereocenters. The predicted molar refractivity (Wildman–Crippen MR) is 81.9 cm³/mol. The summed E-state index contributed by atoms with van der Waals surface area (Å²) < 4.78 is 0. The summed E-state index contributed by atoms with van der Waals surface area (Å²) in [6.07, 6.45) is 2.97. The number of carbonyl (C=O) groups excluding carboxylic acids is 2. The van der Waals surface area contributed by atoms with Gasteiger partial charge in [0, 0.05) is 39.3 Å². The maximum atomic E-state index is 12.4. The third-order valence-electron chi connectivity index (χ3n) is 4.31. The molecular formula is C15H29N3O3. The lowest BCUT2D eigenvalue weighted by atomic mass is 9.91. The Morgan fingerprint density at radius 2 is 2.10 bits per heavy atom. The molecule has 3 amide bonds. The van der Waals surface area contributed by atoms with E-state index in [0.29, 0.717) is 19.5 Å². The van der Waals surface area contributed by atoms with Crippen LogP contribution in [0.15, 0.2) is 0 Å². The summed E-state index contributed by atoms with van der Waals surface area (Å²) in [5.74, 6) is -0.170. The number of carbonyl (C=O) groups is 2. The van der Waals surface area contributed by atoms with Crippen LogP contribution in [0.25, 0.3) is 0 Å². The van der Waals surface area contributed by atoms with Gasteiger partial charge in [-0.3, -0.25) is 4.79 Å². The molecule has 2 N–H and O–H groups in total. The highest BCUT2D eigenvalue weighted by molar-refractivity contribution is 5.81. The summed E-state index contributed by atoms with van der Waals surface area (Å²) >= 11 is 0. The van der Waals surface area contributed by atoms with Crippen molar-refractivity contribution in [2.75, 3.05) is 33.8 Å². The van der Waals surface area contributed by atoms with Gasteiger partial charge in [-0.05, 0) is 32.6 Å². The minimum Gasteiger partial charge on any atom is -0.396 e. The third kappa shape index (κ3) is 4.88. The minimum atomic E-state index is -0.375. The quantitative estimate of drug-likeness (QED) is 0.797. The van der Waals surface area contributed by atoms with Crippen LogP contribution in [-0.2, 0) is 4.79 Å². The number of amides is 3. The molecule has 0 aliphatic carbocycles. The molecule has 1 fully saturated rings. The molecule has 0 spiro atoms. The van der Waals surface area contributed by atoms with E-state index in [-0.39, 0.29) is 30.0 Å².